The van der Waals surface area contributed by atoms with Gasteiger partial charge >= 0.3 is 7.12 Å². The Hall–Kier alpha value is -0.645. The molecule has 0 radical (unpaired) electrons. The Labute approximate surface area is 70.3 Å². The highest BCUT2D eigenvalue weighted by atomic mass is 19.1. The summed E-state index contributed by atoms with van der Waals surface area (Å²) in [6, 6.07) is 0. The molecule has 0 aromatic rings. The Kier molecular flexibility index (Phi) is 2.67. The first-order valence-corrected chi connectivity index (χ1v) is 3.57. The molecule has 0 saturated heterocycles. The van der Waals surface area contributed by atoms with Gasteiger partial charge in [-0.2, -0.15) is 0 Å². The van der Waals surface area contributed by atoms with Crippen molar-refractivity contribution in [2.75, 3.05) is 7.11 Å². The minimum Gasteiger partial charge on any atom is -0.425 e. The van der Waals surface area contributed by atoms with Crippen molar-refractivity contribution in [1.29, 1.82) is 0 Å². The molecule has 12 heavy (non-hydrogen) atoms. The molecular formula is C7H10BFO3. The molecule has 1 aliphatic carbocycles. The van der Waals surface area contributed by atoms with E-state index < -0.39 is 18.4 Å². The summed E-state index contributed by atoms with van der Waals surface area (Å²) in [7, 11) is -0.402. The predicted octanol–water partition coefficient (Wildman–Crippen LogP) is 0.197. The zero-order valence-corrected chi connectivity index (χ0v) is 6.70. The Morgan fingerprint density at radius 3 is 2.67 bits per heavy atom. The number of hydrogen-bond acceptors (Lipinski definition) is 3. The lowest BCUT2D eigenvalue weighted by Gasteiger charge is -2.28. The number of hydrogen-bond donors (Lipinski definition) is 2. The number of methoxy groups -OCH3 is 1. The fraction of sp³-hybridized carbons (Fsp3) is 0.429. The van der Waals surface area contributed by atoms with E-state index in [0.717, 1.165) is 6.08 Å². The van der Waals surface area contributed by atoms with E-state index in [1.165, 1.54) is 19.3 Å². The van der Waals surface area contributed by atoms with Gasteiger partial charge in [0.25, 0.3) is 0 Å². The molecule has 0 aromatic heterocycles. The van der Waals surface area contributed by atoms with E-state index in [0.29, 0.717) is 0 Å². The van der Waals surface area contributed by atoms with Crippen LogP contribution in [0.15, 0.2) is 24.1 Å². The van der Waals surface area contributed by atoms with Gasteiger partial charge in [0.2, 0.25) is 0 Å². The van der Waals surface area contributed by atoms with Crippen LogP contribution in [-0.2, 0) is 4.74 Å². The van der Waals surface area contributed by atoms with Crippen LogP contribution in [0, 0.1) is 0 Å². The van der Waals surface area contributed by atoms with Crippen molar-refractivity contribution in [2.24, 2.45) is 0 Å². The van der Waals surface area contributed by atoms with Crippen LogP contribution in [0.5, 0.6) is 0 Å². The third kappa shape index (κ3) is 1.58. The molecule has 2 N–H and O–H groups in total. The summed E-state index contributed by atoms with van der Waals surface area (Å²) in [5.74, 6) is -0.517. The molecule has 1 unspecified atom stereocenters. The highest BCUT2D eigenvalue weighted by Crippen LogP contribution is 2.26. The first-order valence-electron chi connectivity index (χ1n) is 3.57. The van der Waals surface area contributed by atoms with Crippen molar-refractivity contribution < 1.29 is 19.2 Å². The van der Waals surface area contributed by atoms with Gasteiger partial charge in [-0.1, -0.05) is 6.08 Å². The maximum absolute atomic E-state index is 12.7. The minimum absolute atomic E-state index is 0.259. The smallest absolute Gasteiger partial charge is 0.425 e. The van der Waals surface area contributed by atoms with Crippen LogP contribution in [0.2, 0.25) is 0 Å². The van der Waals surface area contributed by atoms with Crippen molar-refractivity contribution in [3.8, 4) is 0 Å². The summed E-state index contributed by atoms with van der Waals surface area (Å²) >= 11 is 0. The van der Waals surface area contributed by atoms with Crippen molar-refractivity contribution >= 4 is 7.12 Å². The van der Waals surface area contributed by atoms with Gasteiger partial charge < -0.3 is 14.8 Å². The summed E-state index contributed by atoms with van der Waals surface area (Å²) in [6.07, 6.45) is 4.09. The van der Waals surface area contributed by atoms with Crippen LogP contribution in [0.25, 0.3) is 0 Å². The SMILES string of the molecule is COC1(B(O)O)C=C(F)C=CC1. The second kappa shape index (κ2) is 3.39. The zero-order valence-electron chi connectivity index (χ0n) is 6.70. The molecule has 66 valence electrons. The van der Waals surface area contributed by atoms with Crippen LogP contribution in [0.4, 0.5) is 4.39 Å². The second-order valence-electron chi connectivity index (χ2n) is 2.67. The van der Waals surface area contributed by atoms with Crippen LogP contribution in [-0.4, -0.2) is 29.8 Å². The molecule has 5 heteroatoms. The average molecular weight is 172 g/mol. The lowest BCUT2D eigenvalue weighted by atomic mass is 9.64. The lowest BCUT2D eigenvalue weighted by molar-refractivity contribution is 0.0679. The van der Waals surface area contributed by atoms with Crippen LogP contribution in [0.3, 0.4) is 0 Å². The van der Waals surface area contributed by atoms with E-state index in [1.54, 1.807) is 0 Å². The molecule has 1 aliphatic rings. The Morgan fingerprint density at radius 2 is 2.33 bits per heavy atom. The highest BCUT2D eigenvalue weighted by Gasteiger charge is 2.41. The normalized spacial score (nSPS) is 28.5. The van der Waals surface area contributed by atoms with Gasteiger partial charge in [0.1, 0.15) is 11.3 Å². The topological polar surface area (TPSA) is 49.7 Å². The molecule has 0 fully saturated rings. The summed E-state index contributed by atoms with van der Waals surface area (Å²) in [6.45, 7) is 0. The average Bonchev–Trinajstić information content (AvgIpc) is 2.04. The van der Waals surface area contributed by atoms with Crippen molar-refractivity contribution in [3.63, 3.8) is 0 Å². The molecule has 1 rings (SSSR count). The Balaban J connectivity index is 2.89. The molecule has 0 amide bonds. The third-order valence-corrected chi connectivity index (χ3v) is 1.91. The quantitative estimate of drug-likeness (QED) is 0.584. The van der Waals surface area contributed by atoms with Crippen molar-refractivity contribution in [1.82, 2.24) is 0 Å². The zero-order chi connectivity index (χ0) is 9.19. The van der Waals surface area contributed by atoms with Gasteiger partial charge in [0, 0.05) is 7.11 Å². The molecule has 0 bridgehead atoms. The van der Waals surface area contributed by atoms with E-state index in [-0.39, 0.29) is 6.42 Å². The Morgan fingerprint density at radius 1 is 1.67 bits per heavy atom. The van der Waals surface area contributed by atoms with Crippen molar-refractivity contribution in [3.05, 3.63) is 24.1 Å². The second-order valence-corrected chi connectivity index (χ2v) is 2.67. The molecule has 0 aliphatic heterocycles. The monoisotopic (exact) mass is 172 g/mol. The summed E-state index contributed by atoms with van der Waals surface area (Å²) in [5, 5.41) is 17.9. The maximum atomic E-state index is 12.7. The first-order chi connectivity index (χ1) is 5.60. The van der Waals surface area contributed by atoms with E-state index in [9.17, 15) is 4.39 Å². The summed E-state index contributed by atoms with van der Waals surface area (Å²) in [4.78, 5) is 0. The molecule has 0 aromatic carbocycles. The third-order valence-electron chi connectivity index (χ3n) is 1.91. The molecule has 3 nitrogen and oxygen atoms in total. The fourth-order valence-electron chi connectivity index (χ4n) is 1.12. The molecule has 0 saturated carbocycles. The van der Waals surface area contributed by atoms with Gasteiger partial charge in [-0.15, -0.1) is 0 Å². The first kappa shape index (κ1) is 9.44. The minimum atomic E-state index is -1.71. The lowest BCUT2D eigenvalue weighted by Crippen LogP contribution is -2.47. The van der Waals surface area contributed by atoms with Gasteiger partial charge in [0.15, 0.2) is 0 Å². The highest BCUT2D eigenvalue weighted by molar-refractivity contribution is 6.46. The number of rotatable bonds is 2. The van der Waals surface area contributed by atoms with Gasteiger partial charge in [-0.25, -0.2) is 4.39 Å². The molecular weight excluding hydrogens is 162 g/mol. The number of ether oxygens (including phenoxy) is 1. The van der Waals surface area contributed by atoms with Crippen LogP contribution < -0.4 is 0 Å². The predicted molar refractivity (Wildman–Crippen MR) is 42.9 cm³/mol. The van der Waals surface area contributed by atoms with E-state index in [4.69, 9.17) is 14.8 Å². The maximum Gasteiger partial charge on any atom is 0.490 e. The number of halogens is 1. The summed E-state index contributed by atoms with van der Waals surface area (Å²) < 4.78 is 17.5. The van der Waals surface area contributed by atoms with Gasteiger partial charge in [-0.05, 0) is 18.6 Å². The fourth-order valence-corrected chi connectivity index (χ4v) is 1.12. The van der Waals surface area contributed by atoms with E-state index in [2.05, 4.69) is 0 Å². The van der Waals surface area contributed by atoms with Crippen LogP contribution in [0.1, 0.15) is 6.42 Å². The Bertz CT molecular complexity index is 227. The largest absolute Gasteiger partial charge is 0.490 e. The standard InChI is InChI=1S/C7H10BFO3/c1-12-7(8(10)11)4-2-3-6(9)5-7/h2-3,5,10-11H,4H2,1H3. The number of allylic oxidation sites excluding steroid dienone is 2. The van der Waals surface area contributed by atoms with E-state index >= 15 is 0 Å². The van der Waals surface area contributed by atoms with Gasteiger partial charge in [0.05, 0.1) is 0 Å². The molecule has 0 spiro atoms. The summed E-state index contributed by atoms with van der Waals surface area (Å²) in [5.41, 5.74) is -1.32. The van der Waals surface area contributed by atoms with Gasteiger partial charge in [-0.3, -0.25) is 0 Å². The van der Waals surface area contributed by atoms with Crippen LogP contribution >= 0.6 is 0 Å². The van der Waals surface area contributed by atoms with Crippen molar-refractivity contribution in [2.45, 2.75) is 11.9 Å². The molecule has 0 heterocycles. The molecule has 1 atom stereocenters. The van der Waals surface area contributed by atoms with E-state index in [1.807, 2.05) is 0 Å².